The predicted molar refractivity (Wildman–Crippen MR) is 53.5 cm³/mol. The Morgan fingerprint density at radius 2 is 2.40 bits per heavy atom. The van der Waals surface area contributed by atoms with Crippen LogP contribution in [0.2, 0.25) is 0 Å². The second-order valence-electron chi connectivity index (χ2n) is 3.09. The molecule has 78 valence electrons. The summed E-state index contributed by atoms with van der Waals surface area (Å²) in [4.78, 5) is 18.8. The van der Waals surface area contributed by atoms with E-state index in [-0.39, 0.29) is 5.69 Å². The number of nitrogens with zero attached hydrogens (tertiary/aromatic N) is 3. The molecule has 0 spiro atoms. The first kappa shape index (κ1) is 9.60. The van der Waals surface area contributed by atoms with Gasteiger partial charge in [-0.05, 0) is 0 Å². The normalized spacial score (nSPS) is 10.7. The van der Waals surface area contributed by atoms with E-state index in [4.69, 9.17) is 10.8 Å². The Kier molecular flexibility index (Phi) is 2.34. The molecule has 6 nitrogen and oxygen atoms in total. The van der Waals surface area contributed by atoms with Crippen molar-refractivity contribution in [3.05, 3.63) is 24.4 Å². The minimum atomic E-state index is -1.00. The van der Waals surface area contributed by atoms with E-state index in [0.717, 1.165) is 0 Å². The van der Waals surface area contributed by atoms with Crippen molar-refractivity contribution in [2.75, 3.05) is 6.54 Å². The first-order chi connectivity index (χ1) is 7.24. The average Bonchev–Trinajstić information content (AvgIpc) is 2.56. The lowest BCUT2D eigenvalue weighted by Gasteiger charge is -2.02. The number of carbonyl (C=O) groups is 1. The SMILES string of the molecule is NCCn1cc2cncnc2c1C(=O)O. The maximum absolute atomic E-state index is 11.0. The Bertz CT molecular complexity index is 506. The Balaban J connectivity index is 2.69. The quantitative estimate of drug-likeness (QED) is 0.742. The van der Waals surface area contributed by atoms with Crippen LogP contribution in [0.5, 0.6) is 0 Å². The fourth-order valence-electron chi connectivity index (χ4n) is 1.54. The number of carboxylic acid groups (broad SMARTS) is 1. The smallest absolute Gasteiger partial charge is 0.354 e. The van der Waals surface area contributed by atoms with Crippen LogP contribution in [-0.2, 0) is 6.54 Å². The zero-order valence-electron chi connectivity index (χ0n) is 7.92. The molecule has 0 aromatic carbocycles. The van der Waals surface area contributed by atoms with Crippen LogP contribution in [0.15, 0.2) is 18.7 Å². The molecule has 0 saturated carbocycles. The zero-order chi connectivity index (χ0) is 10.8. The molecular weight excluding hydrogens is 196 g/mol. The molecule has 0 bridgehead atoms. The molecule has 0 radical (unpaired) electrons. The van der Waals surface area contributed by atoms with Crippen molar-refractivity contribution in [2.45, 2.75) is 6.54 Å². The highest BCUT2D eigenvalue weighted by Crippen LogP contribution is 2.17. The summed E-state index contributed by atoms with van der Waals surface area (Å²) in [5.41, 5.74) is 6.02. The van der Waals surface area contributed by atoms with E-state index >= 15 is 0 Å². The molecule has 2 heterocycles. The van der Waals surface area contributed by atoms with Crippen molar-refractivity contribution >= 4 is 16.9 Å². The maximum Gasteiger partial charge on any atom is 0.354 e. The number of hydrogen-bond acceptors (Lipinski definition) is 4. The summed E-state index contributed by atoms with van der Waals surface area (Å²) in [7, 11) is 0. The van der Waals surface area contributed by atoms with Crippen LogP contribution in [0, 0.1) is 0 Å². The standard InChI is InChI=1S/C9H10N4O2/c10-1-2-13-4-6-3-11-5-12-7(6)8(13)9(14)15/h3-5H,1-2,10H2,(H,14,15). The third-order valence-electron chi connectivity index (χ3n) is 2.12. The van der Waals surface area contributed by atoms with Gasteiger partial charge in [-0.1, -0.05) is 0 Å². The molecule has 0 fully saturated rings. The third-order valence-corrected chi connectivity index (χ3v) is 2.12. The Morgan fingerprint density at radius 3 is 3.07 bits per heavy atom. The van der Waals surface area contributed by atoms with Gasteiger partial charge < -0.3 is 15.4 Å². The van der Waals surface area contributed by atoms with Crippen LogP contribution in [-0.4, -0.2) is 32.2 Å². The second kappa shape index (κ2) is 3.66. The van der Waals surface area contributed by atoms with Gasteiger partial charge in [-0.3, -0.25) is 0 Å². The molecule has 6 heteroatoms. The fraction of sp³-hybridized carbons (Fsp3) is 0.222. The summed E-state index contributed by atoms with van der Waals surface area (Å²) in [6, 6.07) is 0. The lowest BCUT2D eigenvalue weighted by atomic mass is 10.3. The number of nitrogens with two attached hydrogens (primary N) is 1. The number of rotatable bonds is 3. The number of fused-ring (bicyclic) bond motifs is 1. The van der Waals surface area contributed by atoms with Gasteiger partial charge in [-0.25, -0.2) is 14.8 Å². The summed E-state index contributed by atoms with van der Waals surface area (Å²) >= 11 is 0. The molecule has 0 unspecified atom stereocenters. The van der Waals surface area contributed by atoms with Crippen molar-refractivity contribution in [2.24, 2.45) is 5.73 Å². The Labute approximate surface area is 85.4 Å². The second-order valence-corrected chi connectivity index (χ2v) is 3.09. The van der Waals surface area contributed by atoms with Crippen LogP contribution in [0.25, 0.3) is 10.9 Å². The van der Waals surface area contributed by atoms with Crippen molar-refractivity contribution in [1.82, 2.24) is 14.5 Å². The molecule has 0 atom stereocenters. The van der Waals surface area contributed by atoms with Crippen molar-refractivity contribution < 1.29 is 9.90 Å². The lowest BCUT2D eigenvalue weighted by Crippen LogP contribution is -2.14. The molecule has 0 aliphatic carbocycles. The summed E-state index contributed by atoms with van der Waals surface area (Å²) < 4.78 is 1.58. The summed E-state index contributed by atoms with van der Waals surface area (Å²) in [5, 5.41) is 9.77. The molecule has 2 aromatic heterocycles. The molecule has 2 aromatic rings. The van der Waals surface area contributed by atoms with Gasteiger partial charge in [-0.2, -0.15) is 0 Å². The van der Waals surface area contributed by atoms with Crippen molar-refractivity contribution in [1.29, 1.82) is 0 Å². The van der Waals surface area contributed by atoms with Crippen LogP contribution in [0.1, 0.15) is 10.5 Å². The minimum Gasteiger partial charge on any atom is -0.477 e. The molecule has 0 aliphatic heterocycles. The molecule has 15 heavy (non-hydrogen) atoms. The molecule has 0 saturated heterocycles. The van der Waals surface area contributed by atoms with Gasteiger partial charge >= 0.3 is 5.97 Å². The fourth-order valence-corrected chi connectivity index (χ4v) is 1.54. The van der Waals surface area contributed by atoms with Gasteiger partial charge in [0.2, 0.25) is 0 Å². The van der Waals surface area contributed by atoms with E-state index in [0.29, 0.717) is 24.0 Å². The Hall–Kier alpha value is -1.95. The molecule has 0 amide bonds. The lowest BCUT2D eigenvalue weighted by molar-refractivity contribution is 0.0687. The number of aromatic carboxylic acids is 1. The van der Waals surface area contributed by atoms with E-state index < -0.39 is 5.97 Å². The van der Waals surface area contributed by atoms with Crippen LogP contribution in [0.3, 0.4) is 0 Å². The highest BCUT2D eigenvalue weighted by molar-refractivity contribution is 6.00. The van der Waals surface area contributed by atoms with Crippen molar-refractivity contribution in [3.8, 4) is 0 Å². The van der Waals surface area contributed by atoms with Crippen LogP contribution >= 0.6 is 0 Å². The topological polar surface area (TPSA) is 94.0 Å². The van der Waals surface area contributed by atoms with E-state index in [2.05, 4.69) is 9.97 Å². The Morgan fingerprint density at radius 1 is 1.60 bits per heavy atom. The first-order valence-corrected chi connectivity index (χ1v) is 4.46. The van der Waals surface area contributed by atoms with Crippen molar-refractivity contribution in [3.63, 3.8) is 0 Å². The zero-order valence-corrected chi connectivity index (χ0v) is 7.92. The van der Waals surface area contributed by atoms with E-state index in [1.807, 2.05) is 0 Å². The molecule has 2 rings (SSSR count). The first-order valence-electron chi connectivity index (χ1n) is 4.46. The van der Waals surface area contributed by atoms with Crippen LogP contribution < -0.4 is 5.73 Å². The molecule has 3 N–H and O–H groups in total. The number of hydrogen-bond donors (Lipinski definition) is 2. The van der Waals surface area contributed by atoms with E-state index in [9.17, 15) is 4.79 Å². The van der Waals surface area contributed by atoms with E-state index in [1.165, 1.54) is 6.33 Å². The summed E-state index contributed by atoms with van der Waals surface area (Å²) in [5.74, 6) is -1.00. The summed E-state index contributed by atoms with van der Waals surface area (Å²) in [6.07, 6.45) is 4.62. The monoisotopic (exact) mass is 206 g/mol. The van der Waals surface area contributed by atoms with E-state index in [1.54, 1.807) is 17.0 Å². The van der Waals surface area contributed by atoms with Gasteiger partial charge in [0, 0.05) is 30.9 Å². The summed E-state index contributed by atoms with van der Waals surface area (Å²) in [6.45, 7) is 0.840. The minimum absolute atomic E-state index is 0.165. The van der Waals surface area contributed by atoms with Gasteiger partial charge in [0.15, 0.2) is 5.69 Å². The highest BCUT2D eigenvalue weighted by atomic mass is 16.4. The average molecular weight is 206 g/mol. The third kappa shape index (κ3) is 1.55. The molecular formula is C9H10N4O2. The predicted octanol–water partition coefficient (Wildman–Crippen LogP) is 0.0882. The van der Waals surface area contributed by atoms with Gasteiger partial charge in [0.25, 0.3) is 0 Å². The number of carboxylic acids is 1. The highest BCUT2D eigenvalue weighted by Gasteiger charge is 2.16. The van der Waals surface area contributed by atoms with Gasteiger partial charge in [-0.15, -0.1) is 0 Å². The van der Waals surface area contributed by atoms with Crippen LogP contribution in [0.4, 0.5) is 0 Å². The molecule has 0 aliphatic rings. The number of aromatic nitrogens is 3. The largest absolute Gasteiger partial charge is 0.477 e. The maximum atomic E-state index is 11.0. The van der Waals surface area contributed by atoms with Gasteiger partial charge in [0.05, 0.1) is 0 Å². The van der Waals surface area contributed by atoms with Gasteiger partial charge in [0.1, 0.15) is 11.8 Å².